The minimum absolute atomic E-state index is 0.165. The number of rotatable bonds is 10. The van der Waals surface area contributed by atoms with Crippen LogP contribution in [0.25, 0.3) is 0 Å². The molecule has 6 atom stereocenters. The summed E-state index contributed by atoms with van der Waals surface area (Å²) in [4.78, 5) is 12.6. The number of esters is 1. The van der Waals surface area contributed by atoms with Gasteiger partial charge in [0.2, 0.25) is 0 Å². The lowest BCUT2D eigenvalue weighted by molar-refractivity contribution is -0.163. The van der Waals surface area contributed by atoms with Gasteiger partial charge in [0.05, 0.1) is 12.0 Å². The Bertz CT molecular complexity index is 549. The maximum absolute atomic E-state index is 15.0. The second-order valence-corrected chi connectivity index (χ2v) is 10.8. The quantitative estimate of drug-likeness (QED) is 0.254. The highest BCUT2D eigenvalue weighted by Gasteiger charge is 2.41. The molecule has 0 aromatic heterocycles. The Morgan fingerprint density at radius 2 is 1.53 bits per heavy atom. The van der Waals surface area contributed by atoms with Gasteiger partial charge < -0.3 is 9.47 Å². The van der Waals surface area contributed by atoms with Crippen LogP contribution in [-0.2, 0) is 14.3 Å². The molecule has 0 radical (unpaired) electrons. The average Bonchev–Trinajstić information content (AvgIpc) is 2.79. The van der Waals surface area contributed by atoms with Crippen LogP contribution >= 0.6 is 0 Å². The molecule has 186 valence electrons. The van der Waals surface area contributed by atoms with Crippen LogP contribution in [0.4, 0.5) is 8.78 Å². The molecule has 3 nitrogen and oxygen atoms in total. The van der Waals surface area contributed by atoms with Gasteiger partial charge in [-0.3, -0.25) is 4.79 Å². The van der Waals surface area contributed by atoms with Crippen molar-refractivity contribution >= 4 is 5.97 Å². The Hall–Kier alpha value is -0.710. The first-order valence-electron chi connectivity index (χ1n) is 13.5. The summed E-state index contributed by atoms with van der Waals surface area (Å²) < 4.78 is 39.8. The number of carbonyl (C=O) groups excluding carboxylic acids is 1. The van der Waals surface area contributed by atoms with E-state index in [1.54, 1.807) is 0 Å². The zero-order valence-corrected chi connectivity index (χ0v) is 20.4. The van der Waals surface area contributed by atoms with E-state index in [-0.39, 0.29) is 6.42 Å². The molecule has 0 bridgehead atoms. The van der Waals surface area contributed by atoms with Crippen molar-refractivity contribution in [3.63, 3.8) is 0 Å². The van der Waals surface area contributed by atoms with Crippen LogP contribution in [0, 0.1) is 23.7 Å². The highest BCUT2D eigenvalue weighted by molar-refractivity contribution is 5.73. The van der Waals surface area contributed by atoms with Gasteiger partial charge in [-0.05, 0) is 62.7 Å². The van der Waals surface area contributed by atoms with Gasteiger partial charge in [-0.15, -0.1) is 0 Å². The normalized spacial score (nSPS) is 38.4. The molecule has 3 saturated carbocycles. The van der Waals surface area contributed by atoms with Crippen LogP contribution < -0.4 is 0 Å². The fourth-order valence-corrected chi connectivity index (χ4v) is 6.50. The summed E-state index contributed by atoms with van der Waals surface area (Å²) in [5.41, 5.74) is 0. The van der Waals surface area contributed by atoms with Crippen molar-refractivity contribution in [3.05, 3.63) is 0 Å². The van der Waals surface area contributed by atoms with Crippen molar-refractivity contribution < 1.29 is 23.0 Å². The van der Waals surface area contributed by atoms with Gasteiger partial charge in [0.25, 0.3) is 0 Å². The molecule has 0 amide bonds. The van der Waals surface area contributed by atoms with Gasteiger partial charge in [-0.25, -0.2) is 8.78 Å². The molecule has 32 heavy (non-hydrogen) atoms. The van der Waals surface area contributed by atoms with Crippen molar-refractivity contribution in [2.24, 2.45) is 23.7 Å². The summed E-state index contributed by atoms with van der Waals surface area (Å²) in [7, 11) is 1.51. The van der Waals surface area contributed by atoms with E-state index in [2.05, 4.69) is 6.92 Å². The molecule has 0 aliphatic heterocycles. The van der Waals surface area contributed by atoms with Crippen LogP contribution in [0.5, 0.6) is 0 Å². The second kappa shape index (κ2) is 13.2. The minimum Gasteiger partial charge on any atom is -0.462 e. The SMILES string of the molecule is CCCCCCCC1CCC(C2CCC(C(=O)OC3CCC(OC)C(F)C3)C(F)C2)CC1. The van der Waals surface area contributed by atoms with Gasteiger partial charge in [0.1, 0.15) is 18.4 Å². The standard InChI is InChI=1S/C27H46F2O3/c1-3-4-5-6-7-8-19-9-11-20(12-10-19)21-13-15-23(24(28)17-21)27(30)32-22-14-16-26(31-2)25(29)18-22/h19-26H,3-18H2,1-2H3. The highest BCUT2D eigenvalue weighted by atomic mass is 19.1. The van der Waals surface area contributed by atoms with E-state index in [1.807, 2.05) is 0 Å². The van der Waals surface area contributed by atoms with Crippen LogP contribution in [0.1, 0.15) is 110 Å². The van der Waals surface area contributed by atoms with Crippen molar-refractivity contribution in [1.29, 1.82) is 0 Å². The van der Waals surface area contributed by atoms with Crippen LogP contribution in [-0.4, -0.2) is 37.6 Å². The second-order valence-electron chi connectivity index (χ2n) is 10.8. The summed E-state index contributed by atoms with van der Waals surface area (Å²) in [6.07, 6.45) is 13.4. The number of halogens is 2. The smallest absolute Gasteiger partial charge is 0.312 e. The summed E-state index contributed by atoms with van der Waals surface area (Å²) >= 11 is 0. The largest absolute Gasteiger partial charge is 0.462 e. The fraction of sp³-hybridized carbons (Fsp3) is 0.963. The summed E-state index contributed by atoms with van der Waals surface area (Å²) in [6.45, 7) is 2.26. The number of unbranched alkanes of at least 4 members (excludes halogenated alkanes) is 4. The first-order chi connectivity index (χ1) is 15.5. The Kier molecular flexibility index (Phi) is 10.7. The number of alkyl halides is 2. The lowest BCUT2D eigenvalue weighted by Crippen LogP contribution is -2.40. The topological polar surface area (TPSA) is 35.5 Å². The third-order valence-corrected chi connectivity index (χ3v) is 8.64. The molecule has 0 aromatic carbocycles. The Morgan fingerprint density at radius 3 is 2.19 bits per heavy atom. The van der Waals surface area contributed by atoms with Gasteiger partial charge in [0.15, 0.2) is 0 Å². The molecule has 0 spiro atoms. The van der Waals surface area contributed by atoms with Crippen molar-refractivity contribution in [1.82, 2.24) is 0 Å². The number of methoxy groups -OCH3 is 1. The first kappa shape index (κ1) is 25.9. The Labute approximate surface area is 194 Å². The Morgan fingerprint density at radius 1 is 0.812 bits per heavy atom. The zero-order valence-electron chi connectivity index (χ0n) is 20.4. The number of hydrogen-bond acceptors (Lipinski definition) is 3. The molecule has 6 unspecified atom stereocenters. The maximum Gasteiger partial charge on any atom is 0.312 e. The molecule has 0 N–H and O–H groups in total. The monoisotopic (exact) mass is 456 g/mol. The van der Waals surface area contributed by atoms with Crippen molar-refractivity contribution in [2.75, 3.05) is 7.11 Å². The third kappa shape index (κ3) is 7.40. The van der Waals surface area contributed by atoms with E-state index in [4.69, 9.17) is 9.47 Å². The first-order valence-corrected chi connectivity index (χ1v) is 13.5. The van der Waals surface area contributed by atoms with Gasteiger partial charge >= 0.3 is 5.97 Å². The molecule has 3 aliphatic rings. The van der Waals surface area contributed by atoms with E-state index in [0.717, 1.165) is 12.3 Å². The molecular weight excluding hydrogens is 410 g/mol. The summed E-state index contributed by atoms with van der Waals surface area (Å²) in [5, 5.41) is 0. The highest BCUT2D eigenvalue weighted by Crippen LogP contribution is 2.43. The van der Waals surface area contributed by atoms with Gasteiger partial charge in [-0.2, -0.15) is 0 Å². The molecule has 3 fully saturated rings. The van der Waals surface area contributed by atoms with E-state index in [1.165, 1.54) is 71.3 Å². The fourth-order valence-electron chi connectivity index (χ4n) is 6.50. The zero-order chi connectivity index (χ0) is 22.9. The summed E-state index contributed by atoms with van der Waals surface area (Å²) in [5.74, 6) is 0.790. The molecule has 0 saturated heterocycles. The summed E-state index contributed by atoms with van der Waals surface area (Å²) in [6, 6.07) is 0. The molecule has 3 aliphatic carbocycles. The lowest BCUT2D eigenvalue weighted by atomic mass is 9.68. The van der Waals surface area contributed by atoms with E-state index < -0.39 is 36.4 Å². The van der Waals surface area contributed by atoms with Gasteiger partial charge in [-0.1, -0.05) is 58.3 Å². The van der Waals surface area contributed by atoms with Gasteiger partial charge in [0, 0.05) is 13.5 Å². The van der Waals surface area contributed by atoms with Crippen molar-refractivity contribution in [3.8, 4) is 0 Å². The number of hydrogen-bond donors (Lipinski definition) is 0. The number of carbonyl (C=O) groups is 1. The van der Waals surface area contributed by atoms with E-state index in [0.29, 0.717) is 37.5 Å². The van der Waals surface area contributed by atoms with Crippen molar-refractivity contribution in [2.45, 2.75) is 134 Å². The lowest BCUT2D eigenvalue weighted by Gasteiger charge is -2.39. The minimum atomic E-state index is -1.12. The van der Waals surface area contributed by atoms with Crippen LogP contribution in [0.15, 0.2) is 0 Å². The predicted octanol–water partition coefficient (Wildman–Crippen LogP) is 7.36. The molecule has 3 rings (SSSR count). The van der Waals surface area contributed by atoms with E-state index in [9.17, 15) is 9.18 Å². The maximum atomic E-state index is 15.0. The molecule has 0 heterocycles. The van der Waals surface area contributed by atoms with Crippen LogP contribution in [0.2, 0.25) is 0 Å². The third-order valence-electron chi connectivity index (χ3n) is 8.64. The molecule has 0 aromatic rings. The predicted molar refractivity (Wildman–Crippen MR) is 124 cm³/mol. The molecular formula is C27H46F2O3. The average molecular weight is 457 g/mol. The Balaban J connectivity index is 1.35. The number of ether oxygens (including phenoxy) is 2. The van der Waals surface area contributed by atoms with Crippen LogP contribution in [0.3, 0.4) is 0 Å². The van der Waals surface area contributed by atoms with E-state index >= 15 is 4.39 Å². The molecule has 5 heteroatoms.